The predicted molar refractivity (Wildman–Crippen MR) is 59.9 cm³/mol. The average Bonchev–Trinajstić information content (AvgIpc) is 2.44. The number of nitrogen functional groups attached to an aromatic ring is 1. The summed E-state index contributed by atoms with van der Waals surface area (Å²) in [6.45, 7) is 4.03. The minimum atomic E-state index is -0.487. The maximum absolute atomic E-state index is 11.5. The largest absolute Gasteiger partial charge is 0.466 e. The van der Waals surface area contributed by atoms with Gasteiger partial charge in [-0.25, -0.2) is 4.57 Å². The number of carbonyl (C=O) groups is 2. The highest BCUT2D eigenvalue weighted by Crippen LogP contribution is 2.10. The molecule has 0 saturated heterocycles. The zero-order chi connectivity index (χ0) is 12.1. The summed E-state index contributed by atoms with van der Waals surface area (Å²) in [6.07, 6.45) is 1.60. The molecule has 2 N–H and O–H groups in total. The van der Waals surface area contributed by atoms with Gasteiger partial charge >= 0.3 is 11.1 Å². The molecule has 0 aliphatic heterocycles. The van der Waals surface area contributed by atoms with Crippen molar-refractivity contribution in [1.82, 2.24) is 0 Å². The van der Waals surface area contributed by atoms with E-state index in [2.05, 4.69) is 4.74 Å². The second kappa shape index (κ2) is 5.60. The van der Waals surface area contributed by atoms with Gasteiger partial charge in [0.2, 0.25) is 0 Å². The van der Waals surface area contributed by atoms with Gasteiger partial charge in [0.1, 0.15) is 12.6 Å². The van der Waals surface area contributed by atoms with Crippen LogP contribution < -0.4 is 10.3 Å². The summed E-state index contributed by atoms with van der Waals surface area (Å²) in [5.41, 5.74) is 5.69. The Hall–Kier alpha value is -1.43. The second-order valence-electron chi connectivity index (χ2n) is 3.33. The van der Waals surface area contributed by atoms with E-state index < -0.39 is 5.97 Å². The molecular formula is C10H15N2O3S+. The molecule has 6 heteroatoms. The van der Waals surface area contributed by atoms with Crippen molar-refractivity contribution >= 4 is 28.2 Å². The Morgan fingerprint density at radius 3 is 2.75 bits per heavy atom. The fourth-order valence-corrected chi connectivity index (χ4v) is 2.02. The molecule has 16 heavy (non-hydrogen) atoms. The zero-order valence-corrected chi connectivity index (χ0v) is 10.2. The molecular weight excluding hydrogens is 228 g/mol. The molecule has 0 unspecified atom stereocenters. The van der Waals surface area contributed by atoms with Gasteiger partial charge in [-0.2, -0.15) is 0 Å². The molecule has 1 heterocycles. The summed E-state index contributed by atoms with van der Waals surface area (Å²) in [5.74, 6) is -0.688. The quantitative estimate of drug-likeness (QED) is 0.463. The number of ether oxygens (including phenoxy) is 1. The maximum Gasteiger partial charge on any atom is 0.332 e. The SMILES string of the molecule is CCOC(=O)CC(=O)C[n+]1cc(C)sc1N. The average molecular weight is 243 g/mol. The number of esters is 1. The number of thiazole rings is 1. The smallest absolute Gasteiger partial charge is 0.332 e. The number of ketones is 1. The van der Waals surface area contributed by atoms with Crippen LogP contribution in [0.5, 0.6) is 0 Å². The van der Waals surface area contributed by atoms with Gasteiger partial charge in [-0.05, 0) is 13.8 Å². The van der Waals surface area contributed by atoms with Crippen molar-refractivity contribution in [3.05, 3.63) is 11.1 Å². The molecule has 0 aliphatic rings. The fourth-order valence-electron chi connectivity index (χ4n) is 1.28. The number of nitrogens with zero attached hydrogens (tertiary/aromatic N) is 1. The lowest BCUT2D eigenvalue weighted by molar-refractivity contribution is -0.665. The summed E-state index contributed by atoms with van der Waals surface area (Å²) < 4.78 is 6.33. The summed E-state index contributed by atoms with van der Waals surface area (Å²) in [5, 5.41) is 0.565. The molecule has 0 atom stereocenters. The molecule has 1 rings (SSSR count). The van der Waals surface area contributed by atoms with E-state index in [0.29, 0.717) is 11.7 Å². The van der Waals surface area contributed by atoms with Gasteiger partial charge in [-0.3, -0.25) is 15.3 Å². The predicted octanol–water partition coefficient (Wildman–Crippen LogP) is 0.449. The van der Waals surface area contributed by atoms with E-state index >= 15 is 0 Å². The van der Waals surface area contributed by atoms with E-state index in [0.717, 1.165) is 4.88 Å². The summed E-state index contributed by atoms with van der Waals surface area (Å²) in [7, 11) is 0. The van der Waals surface area contributed by atoms with E-state index in [1.165, 1.54) is 11.3 Å². The van der Waals surface area contributed by atoms with Crippen molar-refractivity contribution in [2.24, 2.45) is 0 Å². The number of anilines is 1. The van der Waals surface area contributed by atoms with Crippen molar-refractivity contribution in [3.63, 3.8) is 0 Å². The third-order valence-electron chi connectivity index (χ3n) is 1.88. The third kappa shape index (κ3) is 3.62. The van der Waals surface area contributed by atoms with Gasteiger partial charge in [-0.15, -0.1) is 0 Å². The first-order valence-corrected chi connectivity index (χ1v) is 5.77. The molecule has 0 radical (unpaired) electrons. The molecule has 88 valence electrons. The van der Waals surface area contributed by atoms with Crippen LogP contribution in [0.4, 0.5) is 5.13 Å². The van der Waals surface area contributed by atoms with Crippen molar-refractivity contribution in [3.8, 4) is 0 Å². The second-order valence-corrected chi connectivity index (χ2v) is 4.59. The monoisotopic (exact) mass is 243 g/mol. The number of hydrogen-bond acceptors (Lipinski definition) is 5. The lowest BCUT2D eigenvalue weighted by Gasteiger charge is -2.00. The summed E-state index contributed by atoms with van der Waals surface area (Å²) >= 11 is 1.41. The minimum absolute atomic E-state index is 0.120. The number of nitrogens with two attached hydrogens (primary N) is 1. The molecule has 0 saturated carbocycles. The highest BCUT2D eigenvalue weighted by Gasteiger charge is 2.16. The van der Waals surface area contributed by atoms with E-state index in [4.69, 9.17) is 5.73 Å². The molecule has 1 aromatic heterocycles. The normalized spacial score (nSPS) is 10.1. The Bertz CT molecular complexity index is 401. The Kier molecular flexibility index (Phi) is 4.42. The Labute approximate surface area is 97.8 Å². The first-order chi connectivity index (χ1) is 7.52. The van der Waals surface area contributed by atoms with E-state index in [-0.39, 0.29) is 18.7 Å². The molecule has 0 spiro atoms. The van der Waals surface area contributed by atoms with Crippen LogP contribution in [0, 0.1) is 6.92 Å². The van der Waals surface area contributed by atoms with Gasteiger partial charge in [0.05, 0.1) is 6.61 Å². The highest BCUT2D eigenvalue weighted by atomic mass is 32.1. The molecule has 5 nitrogen and oxygen atoms in total. The van der Waals surface area contributed by atoms with Crippen molar-refractivity contribution < 1.29 is 18.9 Å². The third-order valence-corrected chi connectivity index (χ3v) is 2.75. The van der Waals surface area contributed by atoms with Crippen LogP contribution in [0.25, 0.3) is 0 Å². The number of carbonyl (C=O) groups excluding carboxylic acids is 2. The fraction of sp³-hybridized carbons (Fsp3) is 0.500. The van der Waals surface area contributed by atoms with Crippen LogP contribution in [-0.2, 0) is 20.9 Å². The summed E-state index contributed by atoms with van der Waals surface area (Å²) in [6, 6.07) is 0. The highest BCUT2D eigenvalue weighted by molar-refractivity contribution is 7.14. The number of rotatable bonds is 5. The lowest BCUT2D eigenvalue weighted by atomic mass is 10.3. The Morgan fingerprint density at radius 2 is 2.25 bits per heavy atom. The van der Waals surface area contributed by atoms with E-state index in [9.17, 15) is 9.59 Å². The molecule has 0 aliphatic carbocycles. The lowest BCUT2D eigenvalue weighted by Crippen LogP contribution is -2.38. The zero-order valence-electron chi connectivity index (χ0n) is 9.36. The van der Waals surface area contributed by atoms with Crippen LogP contribution in [-0.4, -0.2) is 18.4 Å². The summed E-state index contributed by atoms with van der Waals surface area (Å²) in [4.78, 5) is 23.6. The van der Waals surface area contributed by atoms with Gasteiger partial charge in [0, 0.05) is 4.88 Å². The van der Waals surface area contributed by atoms with Crippen molar-refractivity contribution in [2.75, 3.05) is 12.3 Å². The van der Waals surface area contributed by atoms with Crippen LogP contribution in [0.2, 0.25) is 0 Å². The number of aromatic nitrogens is 1. The van der Waals surface area contributed by atoms with Crippen molar-refractivity contribution in [2.45, 2.75) is 26.8 Å². The molecule has 1 aromatic rings. The standard InChI is InChI=1S/C10H14N2O3S/c1-3-15-9(14)4-8(13)6-12-5-7(2)16-10(12)11/h5,11H,3-4,6H2,1-2H3/p+1. The van der Waals surface area contributed by atoms with E-state index in [1.54, 1.807) is 17.7 Å². The van der Waals surface area contributed by atoms with Gasteiger partial charge in [-0.1, -0.05) is 11.3 Å². The number of hydrogen-bond donors (Lipinski definition) is 1. The Morgan fingerprint density at radius 1 is 1.56 bits per heavy atom. The van der Waals surface area contributed by atoms with Crippen LogP contribution in [0.1, 0.15) is 18.2 Å². The number of Topliss-reactive ketones (excluding diaryl/α,β-unsaturated/α-hetero) is 1. The molecule has 0 fully saturated rings. The topological polar surface area (TPSA) is 73.3 Å². The van der Waals surface area contributed by atoms with Gasteiger partial charge in [0.15, 0.2) is 12.3 Å². The van der Waals surface area contributed by atoms with Crippen LogP contribution >= 0.6 is 11.3 Å². The van der Waals surface area contributed by atoms with Crippen LogP contribution in [0.15, 0.2) is 6.20 Å². The van der Waals surface area contributed by atoms with Crippen LogP contribution in [0.3, 0.4) is 0 Å². The van der Waals surface area contributed by atoms with Gasteiger partial charge in [0.25, 0.3) is 0 Å². The maximum atomic E-state index is 11.5. The van der Waals surface area contributed by atoms with Gasteiger partial charge < -0.3 is 4.74 Å². The first-order valence-electron chi connectivity index (χ1n) is 4.95. The first kappa shape index (κ1) is 12.6. The Balaban J connectivity index is 2.52. The molecule has 0 bridgehead atoms. The number of aryl methyl sites for hydroxylation is 1. The minimum Gasteiger partial charge on any atom is -0.466 e. The van der Waals surface area contributed by atoms with Crippen molar-refractivity contribution in [1.29, 1.82) is 0 Å². The molecule has 0 amide bonds. The van der Waals surface area contributed by atoms with E-state index in [1.807, 2.05) is 6.92 Å². The molecule has 0 aromatic carbocycles.